The van der Waals surface area contributed by atoms with Gasteiger partial charge in [0.1, 0.15) is 5.75 Å². The number of hydrogen-bond donors (Lipinski definition) is 3. The second-order valence-corrected chi connectivity index (χ2v) is 4.99. The van der Waals surface area contributed by atoms with Crippen LogP contribution < -0.4 is 21.5 Å². The van der Waals surface area contributed by atoms with Crippen LogP contribution >= 0.6 is 0 Å². The molecule has 0 aliphatic heterocycles. The highest BCUT2D eigenvalue weighted by atomic mass is 16.5. The molecule has 1 fully saturated rings. The van der Waals surface area contributed by atoms with Gasteiger partial charge in [0.05, 0.1) is 0 Å². The summed E-state index contributed by atoms with van der Waals surface area (Å²) >= 11 is 0. The number of benzene rings is 1. The van der Waals surface area contributed by atoms with Crippen LogP contribution in [0.1, 0.15) is 23.2 Å². The molecule has 0 bridgehead atoms. The van der Waals surface area contributed by atoms with E-state index in [0.717, 1.165) is 12.8 Å². The number of nitrogens with one attached hydrogen (secondary N) is 1. The van der Waals surface area contributed by atoms with Gasteiger partial charge < -0.3 is 21.5 Å². The molecule has 108 valence electrons. The highest BCUT2D eigenvalue weighted by Crippen LogP contribution is 2.31. The first-order valence-electron chi connectivity index (χ1n) is 6.61. The van der Waals surface area contributed by atoms with E-state index in [1.165, 1.54) is 0 Å². The average molecular weight is 277 g/mol. The van der Waals surface area contributed by atoms with Crippen molar-refractivity contribution >= 4 is 11.8 Å². The molecule has 1 unspecified atom stereocenters. The lowest BCUT2D eigenvalue weighted by atomic mass is 10.1. The van der Waals surface area contributed by atoms with Crippen LogP contribution in [0.15, 0.2) is 24.3 Å². The molecule has 1 aromatic carbocycles. The Hall–Kier alpha value is -2.08. The van der Waals surface area contributed by atoms with E-state index in [9.17, 15) is 9.59 Å². The number of ether oxygens (including phenoxy) is 1. The van der Waals surface area contributed by atoms with E-state index in [4.69, 9.17) is 16.2 Å². The third-order valence-corrected chi connectivity index (χ3v) is 3.22. The van der Waals surface area contributed by atoms with Crippen LogP contribution in [-0.4, -0.2) is 31.0 Å². The molecule has 2 rings (SSSR count). The molecule has 5 N–H and O–H groups in total. The number of rotatable bonds is 7. The monoisotopic (exact) mass is 277 g/mol. The molecule has 1 saturated carbocycles. The lowest BCUT2D eigenvalue weighted by molar-refractivity contribution is -0.119. The molecule has 1 aliphatic carbocycles. The Labute approximate surface area is 117 Å². The van der Waals surface area contributed by atoms with Gasteiger partial charge in [-0.1, -0.05) is 0 Å². The summed E-state index contributed by atoms with van der Waals surface area (Å²) < 4.78 is 5.11. The van der Waals surface area contributed by atoms with Crippen molar-refractivity contribution in [1.82, 2.24) is 5.32 Å². The molecule has 1 aromatic rings. The Bertz CT molecular complexity index is 483. The quantitative estimate of drug-likeness (QED) is 0.653. The minimum atomic E-state index is -0.541. The minimum Gasteiger partial charge on any atom is -0.484 e. The molecule has 0 saturated heterocycles. The maximum absolute atomic E-state index is 11.9. The standard InChI is InChI=1S/C14H19N3O3/c15-12(9-1-2-9)7-17-14(19)10-3-5-11(6-4-10)20-8-13(16)18/h3-6,9,12H,1-2,7-8,15H2,(H2,16,18)(H,17,19). The van der Waals surface area contributed by atoms with E-state index in [1.807, 2.05) is 0 Å². The summed E-state index contributed by atoms with van der Waals surface area (Å²) in [6, 6.07) is 6.55. The molecule has 1 atom stereocenters. The third-order valence-electron chi connectivity index (χ3n) is 3.22. The fourth-order valence-corrected chi connectivity index (χ4v) is 1.86. The second-order valence-electron chi connectivity index (χ2n) is 4.99. The van der Waals surface area contributed by atoms with Crippen molar-refractivity contribution in [3.05, 3.63) is 29.8 Å². The van der Waals surface area contributed by atoms with Crippen molar-refractivity contribution in [3.63, 3.8) is 0 Å². The molecule has 0 heterocycles. The Balaban J connectivity index is 1.81. The number of carbonyl (C=O) groups excluding carboxylic acids is 2. The predicted molar refractivity (Wildman–Crippen MR) is 74.2 cm³/mol. The first kappa shape index (κ1) is 14.3. The summed E-state index contributed by atoms with van der Waals surface area (Å²) in [5.74, 6) is 0.346. The summed E-state index contributed by atoms with van der Waals surface area (Å²) in [5, 5.41) is 2.81. The largest absolute Gasteiger partial charge is 0.484 e. The zero-order chi connectivity index (χ0) is 14.5. The van der Waals surface area contributed by atoms with Gasteiger partial charge >= 0.3 is 0 Å². The van der Waals surface area contributed by atoms with E-state index in [0.29, 0.717) is 23.8 Å². The van der Waals surface area contributed by atoms with Gasteiger partial charge in [0.15, 0.2) is 6.61 Å². The van der Waals surface area contributed by atoms with Crippen LogP contribution in [0, 0.1) is 5.92 Å². The van der Waals surface area contributed by atoms with Crippen molar-refractivity contribution in [2.24, 2.45) is 17.4 Å². The van der Waals surface area contributed by atoms with E-state index < -0.39 is 5.91 Å². The fraction of sp³-hybridized carbons (Fsp3) is 0.429. The van der Waals surface area contributed by atoms with Gasteiger partial charge in [-0.3, -0.25) is 9.59 Å². The fourth-order valence-electron chi connectivity index (χ4n) is 1.86. The molecular formula is C14H19N3O3. The lowest BCUT2D eigenvalue weighted by Gasteiger charge is -2.11. The molecule has 0 aromatic heterocycles. The zero-order valence-electron chi connectivity index (χ0n) is 11.2. The van der Waals surface area contributed by atoms with Crippen molar-refractivity contribution < 1.29 is 14.3 Å². The van der Waals surface area contributed by atoms with E-state index in [2.05, 4.69) is 5.32 Å². The Kier molecular flexibility index (Phi) is 4.57. The van der Waals surface area contributed by atoms with Gasteiger partial charge in [0, 0.05) is 18.2 Å². The van der Waals surface area contributed by atoms with Crippen LogP contribution in [0.3, 0.4) is 0 Å². The highest BCUT2D eigenvalue weighted by molar-refractivity contribution is 5.94. The first-order valence-corrected chi connectivity index (χ1v) is 6.61. The molecule has 2 amide bonds. The molecule has 6 heteroatoms. The second kappa shape index (κ2) is 6.38. The first-order chi connectivity index (χ1) is 9.56. The van der Waals surface area contributed by atoms with E-state index in [1.54, 1.807) is 24.3 Å². The number of carbonyl (C=O) groups is 2. The summed E-state index contributed by atoms with van der Waals surface area (Å²) in [6.07, 6.45) is 2.31. The van der Waals surface area contributed by atoms with Crippen LogP contribution in [-0.2, 0) is 4.79 Å². The highest BCUT2D eigenvalue weighted by Gasteiger charge is 2.28. The molecule has 6 nitrogen and oxygen atoms in total. The van der Waals surface area contributed by atoms with Crippen LogP contribution in [0.5, 0.6) is 5.75 Å². The van der Waals surface area contributed by atoms with Gasteiger partial charge in [-0.15, -0.1) is 0 Å². The Morgan fingerprint density at radius 3 is 2.50 bits per heavy atom. The van der Waals surface area contributed by atoms with Gasteiger partial charge in [0.2, 0.25) is 0 Å². The SMILES string of the molecule is NC(=O)COc1ccc(C(=O)NCC(N)C2CC2)cc1. The molecule has 1 aliphatic rings. The van der Waals surface area contributed by atoms with Gasteiger partial charge in [0.25, 0.3) is 11.8 Å². The number of amides is 2. The average Bonchev–Trinajstić information content (AvgIpc) is 3.27. The molecule has 0 radical (unpaired) electrons. The number of hydrogen-bond acceptors (Lipinski definition) is 4. The predicted octanol–water partition coefficient (Wildman–Crippen LogP) is 0.0178. The van der Waals surface area contributed by atoms with Crippen molar-refractivity contribution in [1.29, 1.82) is 0 Å². The van der Waals surface area contributed by atoms with Gasteiger partial charge in [-0.2, -0.15) is 0 Å². The molecule has 0 spiro atoms. The third kappa shape index (κ3) is 4.24. The number of nitrogens with two attached hydrogens (primary N) is 2. The molecular weight excluding hydrogens is 258 g/mol. The van der Waals surface area contributed by atoms with Crippen molar-refractivity contribution in [2.75, 3.05) is 13.2 Å². The van der Waals surface area contributed by atoms with E-state index in [-0.39, 0.29) is 18.6 Å². The van der Waals surface area contributed by atoms with Gasteiger partial charge in [-0.25, -0.2) is 0 Å². The Morgan fingerprint density at radius 1 is 1.30 bits per heavy atom. The zero-order valence-corrected chi connectivity index (χ0v) is 11.2. The Morgan fingerprint density at radius 2 is 1.95 bits per heavy atom. The maximum atomic E-state index is 11.9. The van der Waals surface area contributed by atoms with Crippen molar-refractivity contribution in [3.8, 4) is 5.75 Å². The minimum absolute atomic E-state index is 0.0390. The van der Waals surface area contributed by atoms with Crippen LogP contribution in [0.25, 0.3) is 0 Å². The smallest absolute Gasteiger partial charge is 0.255 e. The summed E-state index contributed by atoms with van der Waals surface area (Å²) in [5.41, 5.74) is 11.4. The van der Waals surface area contributed by atoms with Crippen LogP contribution in [0.4, 0.5) is 0 Å². The normalized spacial score (nSPS) is 15.4. The summed E-state index contributed by atoms with van der Waals surface area (Å²) in [7, 11) is 0. The summed E-state index contributed by atoms with van der Waals surface area (Å²) in [4.78, 5) is 22.5. The topological polar surface area (TPSA) is 107 Å². The lowest BCUT2D eigenvalue weighted by Crippen LogP contribution is -2.38. The van der Waals surface area contributed by atoms with E-state index >= 15 is 0 Å². The van der Waals surface area contributed by atoms with Crippen LogP contribution in [0.2, 0.25) is 0 Å². The molecule has 20 heavy (non-hydrogen) atoms. The maximum Gasteiger partial charge on any atom is 0.255 e. The van der Waals surface area contributed by atoms with Gasteiger partial charge in [-0.05, 0) is 43.0 Å². The summed E-state index contributed by atoms with van der Waals surface area (Å²) in [6.45, 7) is 0.311. The van der Waals surface area contributed by atoms with Crippen molar-refractivity contribution in [2.45, 2.75) is 18.9 Å². The number of primary amides is 1.